The van der Waals surface area contributed by atoms with Crippen molar-refractivity contribution < 1.29 is 27.1 Å². The van der Waals surface area contributed by atoms with Crippen molar-refractivity contribution in [2.75, 3.05) is 163 Å². The predicted molar refractivity (Wildman–Crippen MR) is 175 cm³/mol. The van der Waals surface area contributed by atoms with Crippen LogP contribution in [0.1, 0.15) is 0 Å². The van der Waals surface area contributed by atoms with Gasteiger partial charge in [0.05, 0.1) is 39.6 Å². The van der Waals surface area contributed by atoms with Crippen LogP contribution in [0.3, 0.4) is 0 Å². The SMILES string of the molecule is CN(C)CCOP1(OCCN(C)C)=NP(OCCN(C)C)(OCCN(C)C)=NP(OCCN(C)C)(OCCN(C)C)=N1. The molecular formula is C24H60N9O6P3. The summed E-state index contributed by atoms with van der Waals surface area (Å²) in [5.41, 5.74) is 0. The average Bonchev–Trinajstić information content (AvgIpc) is 2.82. The third-order valence-corrected chi connectivity index (χ3v) is 14.0. The van der Waals surface area contributed by atoms with Crippen molar-refractivity contribution in [3.8, 4) is 0 Å². The lowest BCUT2D eigenvalue weighted by Gasteiger charge is -2.34. The van der Waals surface area contributed by atoms with Gasteiger partial charge in [0.15, 0.2) is 0 Å². The van der Waals surface area contributed by atoms with Crippen molar-refractivity contribution in [3.63, 3.8) is 0 Å². The van der Waals surface area contributed by atoms with Gasteiger partial charge in [0.2, 0.25) is 0 Å². The Kier molecular flexibility index (Phi) is 19.5. The Balaban J connectivity index is 3.86. The Morgan fingerprint density at radius 1 is 0.310 bits per heavy atom. The van der Waals surface area contributed by atoms with Crippen LogP contribution in [-0.2, 0) is 27.1 Å². The summed E-state index contributed by atoms with van der Waals surface area (Å²) in [6.07, 6.45) is 0. The molecule has 0 atom stereocenters. The van der Waals surface area contributed by atoms with Crippen LogP contribution >= 0.6 is 23.0 Å². The van der Waals surface area contributed by atoms with E-state index in [2.05, 4.69) is 0 Å². The van der Waals surface area contributed by atoms with Gasteiger partial charge in [0.1, 0.15) is 0 Å². The van der Waals surface area contributed by atoms with Crippen LogP contribution in [0.15, 0.2) is 13.5 Å². The summed E-state index contributed by atoms with van der Waals surface area (Å²) in [6, 6.07) is 0. The van der Waals surface area contributed by atoms with Gasteiger partial charge in [-0.15, -0.1) is 13.5 Å². The summed E-state index contributed by atoms with van der Waals surface area (Å²) in [5.74, 6) is 0. The van der Waals surface area contributed by atoms with E-state index in [4.69, 9.17) is 40.7 Å². The molecule has 252 valence electrons. The fourth-order valence-electron chi connectivity index (χ4n) is 2.96. The molecule has 0 saturated heterocycles. The lowest BCUT2D eigenvalue weighted by atomic mass is 10.6. The molecule has 1 aliphatic rings. The molecule has 0 aromatic carbocycles. The second-order valence-electron chi connectivity index (χ2n) is 11.6. The van der Waals surface area contributed by atoms with Crippen molar-refractivity contribution in [1.82, 2.24) is 29.4 Å². The molecule has 0 amide bonds. The second kappa shape index (κ2) is 20.4. The molecule has 0 bridgehead atoms. The summed E-state index contributed by atoms with van der Waals surface area (Å²) >= 11 is 0. The standard InChI is InChI=1S/C24H60N9O6P3/c1-28(2)13-19-34-40(35-20-14-29(3)4)25-41(36-21-15-30(5)6,37-22-16-31(7)8)27-42(26-40,38-23-17-32(9)10)39-24-18-33(11)12/h13-24H2,1-12H3. The van der Waals surface area contributed by atoms with E-state index in [0.29, 0.717) is 78.9 Å². The number of likely N-dealkylation sites (N-methyl/N-ethyl adjacent to an activating group) is 6. The third-order valence-electron chi connectivity index (χ3n) is 5.47. The normalized spacial score (nSPS) is 17.9. The van der Waals surface area contributed by atoms with E-state index in [-0.39, 0.29) is 0 Å². The summed E-state index contributed by atoms with van der Waals surface area (Å²) in [4.78, 5) is 12.2. The van der Waals surface area contributed by atoms with Crippen LogP contribution in [0, 0.1) is 0 Å². The largest absolute Gasteiger partial charge is 0.349 e. The molecule has 0 fully saturated rings. The third kappa shape index (κ3) is 17.1. The lowest BCUT2D eigenvalue weighted by Crippen LogP contribution is -2.22. The summed E-state index contributed by atoms with van der Waals surface area (Å²) < 4.78 is 54.3. The highest BCUT2D eigenvalue weighted by molar-refractivity contribution is 7.78. The molecule has 1 heterocycles. The Morgan fingerprint density at radius 3 is 0.571 bits per heavy atom. The molecule has 0 N–H and O–H groups in total. The van der Waals surface area contributed by atoms with Gasteiger partial charge in [0.25, 0.3) is 0 Å². The first-order valence-corrected chi connectivity index (χ1v) is 18.9. The molecule has 42 heavy (non-hydrogen) atoms. The maximum absolute atomic E-state index is 6.51. The zero-order valence-corrected chi connectivity index (χ0v) is 31.0. The van der Waals surface area contributed by atoms with E-state index in [0.717, 1.165) is 0 Å². The molecule has 0 aliphatic carbocycles. The molecule has 15 nitrogen and oxygen atoms in total. The fraction of sp³-hybridized carbons (Fsp3) is 1.00. The van der Waals surface area contributed by atoms with Gasteiger partial charge < -0.3 is 56.5 Å². The number of hydrogen-bond donors (Lipinski definition) is 0. The molecule has 0 radical (unpaired) electrons. The molecule has 0 aromatic rings. The Bertz CT molecular complexity index is 735. The van der Waals surface area contributed by atoms with Gasteiger partial charge in [-0.3, -0.25) is 0 Å². The molecule has 0 unspecified atom stereocenters. The minimum absolute atomic E-state index is 0.348. The van der Waals surface area contributed by atoms with E-state index in [1.165, 1.54) is 0 Å². The van der Waals surface area contributed by atoms with Gasteiger partial charge in [-0.05, 0) is 84.6 Å². The minimum Gasteiger partial charge on any atom is -0.307 e. The highest BCUT2D eigenvalue weighted by atomic mass is 31.3. The second-order valence-corrected chi connectivity index (χ2v) is 18.2. The Morgan fingerprint density at radius 2 is 0.452 bits per heavy atom. The van der Waals surface area contributed by atoms with Crippen LogP contribution in [-0.4, -0.2) is 193 Å². The Labute approximate surface area is 256 Å². The van der Waals surface area contributed by atoms with Crippen molar-refractivity contribution in [1.29, 1.82) is 0 Å². The van der Waals surface area contributed by atoms with Crippen molar-refractivity contribution in [2.24, 2.45) is 13.5 Å². The van der Waals surface area contributed by atoms with Gasteiger partial charge in [-0.2, -0.15) is 0 Å². The minimum atomic E-state index is -3.35. The summed E-state index contributed by atoms with van der Waals surface area (Å²) in [7, 11) is 13.8. The zero-order chi connectivity index (χ0) is 31.8. The number of nitrogens with zero attached hydrogens (tertiary/aromatic N) is 9. The maximum atomic E-state index is 6.51. The molecule has 0 spiro atoms. The number of hydrogen-bond acceptors (Lipinski definition) is 15. The van der Waals surface area contributed by atoms with Gasteiger partial charge in [-0.1, -0.05) is 0 Å². The van der Waals surface area contributed by atoms with Crippen LogP contribution in [0.5, 0.6) is 0 Å². The number of rotatable bonds is 24. The quantitative estimate of drug-likeness (QED) is 0.141. The Hall–Kier alpha value is 0.210. The molecule has 0 saturated carbocycles. The smallest absolute Gasteiger partial charge is 0.307 e. The molecule has 1 aliphatic heterocycles. The predicted octanol–water partition coefficient (Wildman–Crippen LogP) is 3.31. The van der Waals surface area contributed by atoms with Gasteiger partial charge in [-0.25, -0.2) is 0 Å². The molecular weight excluding hydrogens is 603 g/mol. The van der Waals surface area contributed by atoms with E-state index >= 15 is 0 Å². The average molecular weight is 664 g/mol. The van der Waals surface area contributed by atoms with E-state index in [1.807, 2.05) is 114 Å². The fourth-order valence-corrected chi connectivity index (χ4v) is 12.4. The highest BCUT2D eigenvalue weighted by Crippen LogP contribution is 2.80. The lowest BCUT2D eigenvalue weighted by molar-refractivity contribution is 0.185. The van der Waals surface area contributed by atoms with Crippen LogP contribution in [0.2, 0.25) is 0 Å². The van der Waals surface area contributed by atoms with Crippen molar-refractivity contribution in [2.45, 2.75) is 0 Å². The summed E-state index contributed by atoms with van der Waals surface area (Å²) in [6.45, 7) is 6.03. The monoisotopic (exact) mass is 663 g/mol. The maximum Gasteiger partial charge on any atom is 0.349 e. The summed E-state index contributed by atoms with van der Waals surface area (Å²) in [5, 5.41) is 0. The van der Waals surface area contributed by atoms with Crippen LogP contribution in [0.25, 0.3) is 0 Å². The van der Waals surface area contributed by atoms with E-state index < -0.39 is 23.0 Å². The van der Waals surface area contributed by atoms with Crippen LogP contribution in [0.4, 0.5) is 0 Å². The van der Waals surface area contributed by atoms with Crippen LogP contribution < -0.4 is 0 Å². The first-order valence-electron chi connectivity index (χ1n) is 14.3. The van der Waals surface area contributed by atoms with E-state index in [1.54, 1.807) is 0 Å². The highest BCUT2D eigenvalue weighted by Gasteiger charge is 2.43. The topological polar surface area (TPSA) is 112 Å². The molecule has 18 heteroatoms. The first-order chi connectivity index (χ1) is 19.6. The first kappa shape index (κ1) is 40.2. The van der Waals surface area contributed by atoms with Gasteiger partial charge in [0, 0.05) is 39.3 Å². The molecule has 0 aromatic heterocycles. The molecule has 1 rings (SSSR count). The van der Waals surface area contributed by atoms with E-state index in [9.17, 15) is 0 Å². The van der Waals surface area contributed by atoms with Gasteiger partial charge >= 0.3 is 23.0 Å². The van der Waals surface area contributed by atoms with Crippen molar-refractivity contribution >= 4 is 23.0 Å². The van der Waals surface area contributed by atoms with Crippen molar-refractivity contribution in [3.05, 3.63) is 0 Å². The zero-order valence-electron chi connectivity index (χ0n) is 28.3.